The first-order chi connectivity index (χ1) is 47.2. The third-order valence-corrected chi connectivity index (χ3v) is 17.9. The van der Waals surface area contributed by atoms with Crippen LogP contribution in [0.1, 0.15) is 63.4 Å². The van der Waals surface area contributed by atoms with E-state index >= 15 is 0 Å². The fourth-order valence-corrected chi connectivity index (χ4v) is 14.2. The Kier molecular flexibility index (Phi) is 7.18. The number of hydrogen-bond acceptors (Lipinski definition) is 2. The Bertz CT molecular complexity index is 5380. The van der Waals surface area contributed by atoms with Crippen molar-refractivity contribution in [2.45, 2.75) is 33.0 Å². The molecule has 3 aromatic heterocycles. The molecule has 0 N–H and O–H groups in total. The minimum Gasteiger partial charge on any atom is -0.458 e. The summed E-state index contributed by atoms with van der Waals surface area (Å²) >= 11 is 0. The minimum atomic E-state index is -5.80. The summed E-state index contributed by atoms with van der Waals surface area (Å²) in [5.74, 6) is 0.734. The lowest BCUT2D eigenvalue weighted by molar-refractivity contribution is -0.570. The molecule has 0 bridgehead atoms. The highest BCUT2D eigenvalue weighted by molar-refractivity contribution is 7.20. The van der Waals surface area contributed by atoms with Gasteiger partial charge in [-0.05, 0) is 103 Å². The van der Waals surface area contributed by atoms with E-state index in [1.807, 2.05) is 75.4 Å². The highest BCUT2D eigenvalue weighted by Gasteiger charge is 2.44. The van der Waals surface area contributed by atoms with E-state index in [1.54, 1.807) is 86.5 Å². The van der Waals surface area contributed by atoms with Gasteiger partial charge in [-0.2, -0.15) is 0 Å². The van der Waals surface area contributed by atoms with Gasteiger partial charge in [0, 0.05) is 32.7 Å². The minimum absolute atomic E-state index is 0.0703. The first kappa shape index (κ1) is 28.5. The Morgan fingerprint density at radius 3 is 1.87 bits per heavy atom. The Labute approximate surface area is 483 Å². The molecule has 370 valence electrons. The lowest BCUT2D eigenvalue weighted by Crippen LogP contribution is -2.76. The van der Waals surface area contributed by atoms with E-state index in [0.717, 1.165) is 16.3 Å². The molecule has 5 nitrogen and oxygen atoms in total. The van der Waals surface area contributed by atoms with E-state index in [-0.39, 0.29) is 39.1 Å². The van der Waals surface area contributed by atoms with Crippen LogP contribution in [0.15, 0.2) is 267 Å². The maximum absolute atomic E-state index is 9.94. The van der Waals surface area contributed by atoms with Crippen molar-refractivity contribution in [2.75, 3.05) is 0 Å². The number of fused-ring (bicyclic) bond motifs is 4. The predicted molar refractivity (Wildman–Crippen MR) is 320 cm³/mol. The standard InChI is InChI=1S/C71H56N4OSi/c1-50-44-69(72-48-63(50)51-24-9-5-10-25-51)75-64-38-18-17-36-61(64)62-43-42-56(47-67(62)75)76-55-29-22-28-54(46-55)73-49-74(66-40-20-19-39-65(66)73)70-60(52-26-21-27-53(45-52)71(2,3)4)37-23-41-68(70)77(57-30-11-6-12-31-57,58-32-13-7-14-33-58)59-34-15-8-16-35-59/h5-48H,1-4H3/i1D3,5D,6D,7D,8D,9D,10D,11D,12D,13D,14D,15D,16D,24D,25D,30D,31D,32D,33D,34D,35D. The zero-order valence-corrected chi connectivity index (χ0v) is 42.6. The molecule has 0 atom stereocenters. The van der Waals surface area contributed by atoms with Gasteiger partial charge in [-0.3, -0.25) is 13.7 Å². The molecule has 10 aromatic carbocycles. The number of aryl methyl sites for hydroxylation is 1. The van der Waals surface area contributed by atoms with Crippen LogP contribution in [0.5, 0.6) is 11.5 Å². The number of nitrogens with zero attached hydrogens (tertiary/aromatic N) is 4. The summed E-state index contributed by atoms with van der Waals surface area (Å²) in [6.45, 7) is 3.18. The quantitative estimate of drug-likeness (QED) is 0.0560. The van der Waals surface area contributed by atoms with Gasteiger partial charge in [0.05, 0.1) is 60.9 Å². The Hall–Kier alpha value is -9.36. The molecule has 0 amide bonds. The third-order valence-electron chi connectivity index (χ3n) is 13.7. The Morgan fingerprint density at radius 2 is 1.17 bits per heavy atom. The predicted octanol–water partition coefficient (Wildman–Crippen LogP) is 14.3. The number of imidazole rings is 1. The summed E-state index contributed by atoms with van der Waals surface area (Å²) in [6, 6.07) is 23.7. The topological polar surface area (TPSA) is 35.9 Å². The van der Waals surface area contributed by atoms with Crippen LogP contribution in [0.4, 0.5) is 0 Å². The number of aromatic nitrogens is 4. The summed E-state index contributed by atoms with van der Waals surface area (Å²) in [6.07, 6.45) is 4.74. The van der Waals surface area contributed by atoms with Crippen molar-refractivity contribution in [3.63, 3.8) is 0 Å². The Balaban J connectivity index is 1.07. The van der Waals surface area contributed by atoms with Crippen LogP contribution in [0.3, 0.4) is 0 Å². The largest absolute Gasteiger partial charge is 0.458 e. The molecule has 0 saturated carbocycles. The first-order valence-electron chi connectivity index (χ1n) is 36.0. The van der Waals surface area contributed by atoms with E-state index in [4.69, 9.17) is 24.8 Å². The summed E-state index contributed by atoms with van der Waals surface area (Å²) in [4.78, 5) is 4.71. The third kappa shape index (κ3) is 8.35. The van der Waals surface area contributed by atoms with Crippen molar-refractivity contribution >= 4 is 61.7 Å². The Morgan fingerprint density at radius 1 is 0.545 bits per heavy atom. The molecule has 0 spiro atoms. The summed E-state index contributed by atoms with van der Waals surface area (Å²) < 4.78 is 222. The monoisotopic (exact) mass is 1030 g/mol. The van der Waals surface area contributed by atoms with E-state index in [2.05, 4.69) is 6.33 Å². The number of pyridine rings is 1. The van der Waals surface area contributed by atoms with Crippen LogP contribution in [0.2, 0.25) is 0 Å². The second-order valence-corrected chi connectivity index (χ2v) is 22.8. The number of benzene rings is 10. The van der Waals surface area contributed by atoms with E-state index in [0.29, 0.717) is 44.6 Å². The van der Waals surface area contributed by atoms with Crippen molar-refractivity contribution in [2.24, 2.45) is 0 Å². The maximum Gasteiger partial charge on any atom is 0.269 e. The van der Waals surface area contributed by atoms with Gasteiger partial charge in [-0.15, -0.1) is 0 Å². The second kappa shape index (κ2) is 19.4. The van der Waals surface area contributed by atoms with Gasteiger partial charge in [0.1, 0.15) is 17.3 Å². The highest BCUT2D eigenvalue weighted by Crippen LogP contribution is 2.37. The number of hydrogen-bond donors (Lipinski definition) is 0. The summed E-state index contributed by atoms with van der Waals surface area (Å²) in [5.41, 5.74) is 2.97. The molecule has 0 radical (unpaired) electrons. The van der Waals surface area contributed by atoms with Crippen LogP contribution < -0.4 is 30.1 Å². The molecule has 0 aliphatic rings. The van der Waals surface area contributed by atoms with E-state index < -0.39 is 157 Å². The van der Waals surface area contributed by atoms with Crippen molar-refractivity contribution < 1.29 is 40.8 Å². The lowest BCUT2D eigenvalue weighted by Gasteiger charge is -2.37. The fourth-order valence-electron chi connectivity index (χ4n) is 10.2. The van der Waals surface area contributed by atoms with E-state index in [1.165, 1.54) is 18.3 Å². The normalized spacial score (nSPS) is 16.3. The summed E-state index contributed by atoms with van der Waals surface area (Å²) in [5, 5.41) is -0.609. The molecular formula is C71H56N4OSi. The zero-order chi connectivity index (χ0) is 72.0. The number of para-hydroxylation sites is 4. The van der Waals surface area contributed by atoms with Crippen LogP contribution in [-0.2, 0) is 5.41 Å². The molecular weight excluding hydrogens is 953 g/mol. The van der Waals surface area contributed by atoms with Gasteiger partial charge in [0.15, 0.2) is 8.07 Å². The maximum atomic E-state index is 9.94. The van der Waals surface area contributed by atoms with Crippen molar-refractivity contribution in [3.05, 3.63) is 284 Å². The number of rotatable bonds is 11. The molecule has 0 aliphatic carbocycles. The highest BCUT2D eigenvalue weighted by atomic mass is 28.3. The SMILES string of the molecule is [2H]c1c([2H])c([2H])c(-c2cnc(-n3c4ccccc4c4ccc(Oc5cccc(-n6[c-][n+](-c7c(-c8cccc(C(C)(C)C)c8)cccc7[Si](c7c([2H])c([2H])c([2H])c([2H])c7[2H])(c7c([2H])c([2H])c([2H])c([2H])c7[2H])c7c([2H])c([2H])c([2H])c([2H])c7[2H])c7ccccc76)c5)cc43)cc2C([2H])([2H])[2H])c([2H])c1[2H]. The molecule has 0 aliphatic heterocycles. The average Bonchev–Trinajstić information content (AvgIpc) is 0.698. The van der Waals surface area contributed by atoms with Gasteiger partial charge in [0.25, 0.3) is 6.33 Å². The van der Waals surface area contributed by atoms with Gasteiger partial charge >= 0.3 is 0 Å². The van der Waals surface area contributed by atoms with Gasteiger partial charge in [-0.1, -0.05) is 233 Å². The van der Waals surface area contributed by atoms with Crippen molar-refractivity contribution in [1.29, 1.82) is 0 Å². The van der Waals surface area contributed by atoms with Crippen LogP contribution in [0, 0.1) is 13.2 Å². The van der Waals surface area contributed by atoms with Gasteiger partial charge < -0.3 is 4.74 Å². The lowest BCUT2D eigenvalue weighted by atomic mass is 9.85. The number of ether oxygens (including phenoxy) is 1. The van der Waals surface area contributed by atoms with Crippen molar-refractivity contribution in [1.82, 2.24) is 14.1 Å². The molecule has 6 heteroatoms. The molecule has 0 fully saturated rings. The molecule has 13 rings (SSSR count). The van der Waals surface area contributed by atoms with Crippen LogP contribution >= 0.6 is 0 Å². The van der Waals surface area contributed by atoms with Gasteiger partial charge in [-0.25, -0.2) is 4.98 Å². The van der Waals surface area contributed by atoms with Crippen LogP contribution in [0.25, 0.3) is 72.3 Å². The molecule has 77 heavy (non-hydrogen) atoms. The molecule has 0 saturated heterocycles. The van der Waals surface area contributed by atoms with Crippen LogP contribution in [-0.4, -0.2) is 22.2 Å². The first-order valence-corrected chi connectivity index (χ1v) is 26.5. The second-order valence-electron chi connectivity index (χ2n) is 19.3. The van der Waals surface area contributed by atoms with Crippen molar-refractivity contribution in [3.8, 4) is 50.9 Å². The van der Waals surface area contributed by atoms with E-state index in [9.17, 15) is 16.4 Å². The molecule has 3 heterocycles. The summed E-state index contributed by atoms with van der Waals surface area (Å²) in [7, 11) is -5.80. The fraction of sp³-hybridized carbons (Fsp3) is 0.0704. The smallest absolute Gasteiger partial charge is 0.269 e. The molecule has 13 aromatic rings. The molecule has 0 unspecified atom stereocenters. The van der Waals surface area contributed by atoms with Gasteiger partial charge in [0.2, 0.25) is 0 Å². The zero-order valence-electron chi connectivity index (χ0n) is 64.6. The average molecular weight is 1030 g/mol.